The van der Waals surface area contributed by atoms with Crippen LogP contribution >= 0.6 is 11.6 Å². The van der Waals surface area contributed by atoms with Crippen LogP contribution in [0.4, 0.5) is 14.7 Å². The summed E-state index contributed by atoms with van der Waals surface area (Å²) in [4.78, 5) is 19.9. The number of anilines is 1. The minimum atomic E-state index is -1.28. The quantitative estimate of drug-likeness (QED) is 0.206. The van der Waals surface area contributed by atoms with Crippen LogP contribution in [0.25, 0.3) is 11.4 Å². The van der Waals surface area contributed by atoms with E-state index in [0.717, 1.165) is 11.6 Å². The fourth-order valence-corrected chi connectivity index (χ4v) is 5.09. The average molecular weight is 549 g/mol. The van der Waals surface area contributed by atoms with Crippen LogP contribution in [0.5, 0.6) is 0 Å². The van der Waals surface area contributed by atoms with Crippen molar-refractivity contribution in [3.8, 4) is 11.4 Å². The number of rotatable bonds is 9. The van der Waals surface area contributed by atoms with E-state index in [-0.39, 0.29) is 19.1 Å². The summed E-state index contributed by atoms with van der Waals surface area (Å²) in [5.41, 5.74) is 1.95. The lowest BCUT2D eigenvalue weighted by atomic mass is 9.90. The summed E-state index contributed by atoms with van der Waals surface area (Å²) < 4.78 is 35.5. The number of benzene rings is 1. The molecule has 1 fully saturated rings. The van der Waals surface area contributed by atoms with Gasteiger partial charge in [-0.2, -0.15) is 15.2 Å². The van der Waals surface area contributed by atoms with E-state index >= 15 is 0 Å². The fourth-order valence-electron chi connectivity index (χ4n) is 4.23. The van der Waals surface area contributed by atoms with Gasteiger partial charge in [0.2, 0.25) is 11.9 Å². The maximum absolute atomic E-state index is 14.0. The smallest absolute Gasteiger partial charge is 0.233 e. The van der Waals surface area contributed by atoms with Crippen molar-refractivity contribution in [2.24, 2.45) is 5.92 Å². The summed E-state index contributed by atoms with van der Waals surface area (Å²) in [5.74, 6) is -1.50. The van der Waals surface area contributed by atoms with Crippen molar-refractivity contribution in [3.63, 3.8) is 0 Å². The molecule has 198 valence electrons. The zero-order valence-electron chi connectivity index (χ0n) is 21.5. The molecule has 2 aromatic heterocycles. The zero-order chi connectivity index (χ0) is 26.7. The van der Waals surface area contributed by atoms with Crippen molar-refractivity contribution in [2.75, 3.05) is 18.1 Å². The number of aromatic nitrogens is 5. The first-order valence-electron chi connectivity index (χ1n) is 12.3. The van der Waals surface area contributed by atoms with E-state index in [1.807, 2.05) is 6.92 Å². The Bertz CT molecular complexity index is 1260. The van der Waals surface area contributed by atoms with Gasteiger partial charge in [-0.25, -0.2) is 13.5 Å². The van der Waals surface area contributed by atoms with Crippen molar-refractivity contribution < 1.29 is 18.3 Å². The molecule has 1 unspecified atom stereocenters. The average Bonchev–Trinajstić information content (AvgIpc) is 3.25. The van der Waals surface area contributed by atoms with Gasteiger partial charge in [-0.3, -0.25) is 9.69 Å². The van der Waals surface area contributed by atoms with Gasteiger partial charge in [0, 0.05) is 32.7 Å². The molecule has 37 heavy (non-hydrogen) atoms. The number of ether oxygens (including phenoxy) is 1. The predicted octanol–water partition coefficient (Wildman–Crippen LogP) is 5.27. The van der Waals surface area contributed by atoms with Gasteiger partial charge in [-0.05, 0) is 55.5 Å². The lowest BCUT2D eigenvalue weighted by Gasteiger charge is -2.31. The highest BCUT2D eigenvalue weighted by molar-refractivity contribution is 6.76. The van der Waals surface area contributed by atoms with Crippen LogP contribution in [0.3, 0.4) is 0 Å². The minimum Gasteiger partial charge on any atom is -0.359 e. The Morgan fingerprint density at radius 3 is 2.54 bits per heavy atom. The van der Waals surface area contributed by atoms with Crippen LogP contribution in [-0.4, -0.2) is 52.1 Å². The molecular weight excluding hydrogens is 518 g/mol. The molecule has 1 amide bonds. The number of hydrogen-bond donors (Lipinski definition) is 0. The van der Waals surface area contributed by atoms with Gasteiger partial charge in [0.05, 0.1) is 12.4 Å². The lowest BCUT2D eigenvalue weighted by Crippen LogP contribution is -2.43. The number of carbonyl (C=O) groups excluding carboxylic acids is 1. The number of halogens is 3. The molecule has 1 saturated heterocycles. The Hall–Kier alpha value is -2.76. The first-order chi connectivity index (χ1) is 17.5. The van der Waals surface area contributed by atoms with Crippen LogP contribution in [0.2, 0.25) is 30.7 Å². The molecule has 1 aliphatic heterocycles. The molecule has 4 rings (SSSR count). The number of carbonyl (C=O) groups is 1. The van der Waals surface area contributed by atoms with Crippen LogP contribution in [-0.2, 0) is 22.7 Å². The highest BCUT2D eigenvalue weighted by atomic mass is 35.5. The summed E-state index contributed by atoms with van der Waals surface area (Å²) in [5, 5.41) is 11.9. The largest absolute Gasteiger partial charge is 0.359 e. The first-order valence-corrected chi connectivity index (χ1v) is 16.4. The monoisotopic (exact) mass is 548 g/mol. The number of aryl methyl sites for hydroxylation is 1. The highest BCUT2D eigenvalue weighted by Gasteiger charge is 2.33. The maximum Gasteiger partial charge on any atom is 0.233 e. The Kier molecular flexibility index (Phi) is 8.35. The standard InChI is InChI=1S/C25H31ClF2N6O2Si/c1-16-13-29-30-14-19(16)23-31-25(34(32-23)15-36-8-9-37(2,3)4)33-7-5-6-18(24(33)35)10-17-11-20(27)22(26)21(28)12-17/h11-14,18H,5-10,15H2,1-4H3. The SMILES string of the molecule is Cc1cnncc1-c1nc(N2CCCC(Cc3cc(F)c(Cl)c(F)c3)C2=O)n(COCC[Si](C)(C)C)n1. The Morgan fingerprint density at radius 2 is 1.86 bits per heavy atom. The number of hydrogen-bond acceptors (Lipinski definition) is 6. The summed E-state index contributed by atoms with van der Waals surface area (Å²) in [6.45, 7) is 9.91. The summed E-state index contributed by atoms with van der Waals surface area (Å²) in [6, 6.07) is 3.36. The molecule has 0 radical (unpaired) electrons. The third kappa shape index (κ3) is 6.57. The molecule has 0 spiro atoms. The third-order valence-electron chi connectivity index (χ3n) is 6.35. The van der Waals surface area contributed by atoms with Gasteiger partial charge in [-0.1, -0.05) is 31.2 Å². The summed E-state index contributed by atoms with van der Waals surface area (Å²) >= 11 is 5.62. The molecule has 1 atom stereocenters. The van der Waals surface area contributed by atoms with Crippen molar-refractivity contribution in [1.82, 2.24) is 25.0 Å². The molecule has 3 heterocycles. The second kappa shape index (κ2) is 11.3. The molecule has 1 aliphatic rings. The molecule has 0 N–H and O–H groups in total. The van der Waals surface area contributed by atoms with Crippen LogP contribution in [0.15, 0.2) is 24.5 Å². The van der Waals surface area contributed by atoms with E-state index in [2.05, 4.69) is 34.9 Å². The topological polar surface area (TPSA) is 86.0 Å². The Labute approximate surface area is 221 Å². The van der Waals surface area contributed by atoms with Crippen LogP contribution < -0.4 is 4.90 Å². The van der Waals surface area contributed by atoms with Crippen molar-refractivity contribution in [3.05, 3.63) is 52.3 Å². The van der Waals surface area contributed by atoms with Crippen LogP contribution in [0, 0.1) is 24.5 Å². The number of nitrogens with zero attached hydrogens (tertiary/aromatic N) is 6. The van der Waals surface area contributed by atoms with E-state index in [9.17, 15) is 13.6 Å². The van der Waals surface area contributed by atoms with E-state index in [1.54, 1.807) is 22.0 Å². The molecule has 0 aliphatic carbocycles. The molecule has 0 saturated carbocycles. The van der Waals surface area contributed by atoms with Crippen LogP contribution in [0.1, 0.15) is 24.0 Å². The fraction of sp³-hybridized carbons (Fsp3) is 0.480. The van der Waals surface area contributed by atoms with E-state index in [0.29, 0.717) is 48.9 Å². The Morgan fingerprint density at radius 1 is 1.16 bits per heavy atom. The van der Waals surface area contributed by atoms with E-state index in [1.165, 1.54) is 12.1 Å². The van der Waals surface area contributed by atoms with E-state index < -0.39 is 30.6 Å². The molecule has 8 nitrogen and oxygen atoms in total. The van der Waals surface area contributed by atoms with Gasteiger partial charge in [-0.15, -0.1) is 5.10 Å². The zero-order valence-corrected chi connectivity index (χ0v) is 23.2. The second-order valence-corrected chi connectivity index (χ2v) is 16.6. The van der Waals surface area contributed by atoms with Crippen molar-refractivity contribution >= 4 is 31.5 Å². The summed E-state index contributed by atoms with van der Waals surface area (Å²) in [7, 11) is -1.28. The Balaban J connectivity index is 1.60. The van der Waals surface area contributed by atoms with Gasteiger partial charge in [0.15, 0.2) is 5.82 Å². The normalized spacial score (nSPS) is 16.5. The van der Waals surface area contributed by atoms with Gasteiger partial charge >= 0.3 is 0 Å². The first kappa shape index (κ1) is 27.3. The van der Waals surface area contributed by atoms with Gasteiger partial charge in [0.1, 0.15) is 23.4 Å². The molecule has 12 heteroatoms. The van der Waals surface area contributed by atoms with Crippen molar-refractivity contribution in [1.29, 1.82) is 0 Å². The molecule has 1 aromatic carbocycles. The van der Waals surface area contributed by atoms with Gasteiger partial charge in [0.25, 0.3) is 0 Å². The number of amides is 1. The van der Waals surface area contributed by atoms with E-state index in [4.69, 9.17) is 21.3 Å². The third-order valence-corrected chi connectivity index (χ3v) is 8.41. The molecular formula is C25H31ClF2N6O2Si. The minimum absolute atomic E-state index is 0.145. The predicted molar refractivity (Wildman–Crippen MR) is 140 cm³/mol. The molecule has 3 aromatic rings. The lowest BCUT2D eigenvalue weighted by molar-refractivity contribution is -0.123. The summed E-state index contributed by atoms with van der Waals surface area (Å²) in [6.07, 6.45) is 4.73. The maximum atomic E-state index is 14.0. The highest BCUT2D eigenvalue weighted by Crippen LogP contribution is 2.30. The second-order valence-electron chi connectivity index (χ2n) is 10.6. The van der Waals surface area contributed by atoms with Crippen molar-refractivity contribution in [2.45, 2.75) is 58.6 Å². The number of piperidine rings is 1. The molecule has 0 bridgehead atoms. The van der Waals surface area contributed by atoms with Gasteiger partial charge < -0.3 is 4.74 Å².